The minimum Gasteiger partial charge on any atom is -0.339 e. The number of nitrogens with one attached hydrogen (secondary N) is 1. The summed E-state index contributed by atoms with van der Waals surface area (Å²) in [5.74, 6) is -0.864. The standard InChI is InChI=1S/C23H30N4O4/c1-16-9-8-10-17(19(16)20(29)26-13-6-7-14-26)24-18(28)15-27-21(30)23(25(2)22(27)31)11-4-3-5-12-23/h8-10H,3-7,11-15H2,1-2H3,(H,24,28). The molecule has 0 radical (unpaired) electrons. The molecule has 0 aromatic heterocycles. The SMILES string of the molecule is Cc1cccc(NC(=O)CN2C(=O)N(C)C3(CCCCC3)C2=O)c1C(=O)N1CCCC1. The number of likely N-dealkylation sites (N-methyl/N-ethyl adjacent to an activating group) is 1. The number of rotatable bonds is 4. The van der Waals surface area contributed by atoms with Gasteiger partial charge >= 0.3 is 6.03 Å². The van der Waals surface area contributed by atoms with E-state index in [1.54, 1.807) is 24.1 Å². The smallest absolute Gasteiger partial charge is 0.327 e. The summed E-state index contributed by atoms with van der Waals surface area (Å²) in [5, 5.41) is 2.78. The summed E-state index contributed by atoms with van der Waals surface area (Å²) in [6, 6.07) is 4.88. The molecule has 2 aliphatic heterocycles. The predicted octanol–water partition coefficient (Wildman–Crippen LogP) is 2.77. The Morgan fingerprint density at radius 3 is 2.39 bits per heavy atom. The number of anilines is 1. The molecule has 8 heteroatoms. The van der Waals surface area contributed by atoms with Crippen molar-refractivity contribution in [3.8, 4) is 0 Å². The molecule has 3 aliphatic rings. The van der Waals surface area contributed by atoms with E-state index in [2.05, 4.69) is 5.32 Å². The fraction of sp³-hybridized carbons (Fsp3) is 0.565. The van der Waals surface area contributed by atoms with E-state index >= 15 is 0 Å². The average molecular weight is 427 g/mol. The summed E-state index contributed by atoms with van der Waals surface area (Å²) in [5.41, 5.74) is 0.860. The number of benzene rings is 1. The predicted molar refractivity (Wildman–Crippen MR) is 116 cm³/mol. The Morgan fingerprint density at radius 2 is 1.71 bits per heavy atom. The summed E-state index contributed by atoms with van der Waals surface area (Å²) < 4.78 is 0. The van der Waals surface area contributed by atoms with Crippen LogP contribution in [0.15, 0.2) is 18.2 Å². The molecule has 1 aromatic carbocycles. The highest BCUT2D eigenvalue weighted by Gasteiger charge is 2.55. The van der Waals surface area contributed by atoms with E-state index in [4.69, 9.17) is 0 Å². The number of urea groups is 1. The monoisotopic (exact) mass is 426 g/mol. The van der Waals surface area contributed by atoms with Gasteiger partial charge in [-0.15, -0.1) is 0 Å². The lowest BCUT2D eigenvalue weighted by atomic mass is 9.81. The van der Waals surface area contributed by atoms with Crippen LogP contribution < -0.4 is 5.32 Å². The number of hydrogen-bond donors (Lipinski definition) is 1. The Morgan fingerprint density at radius 1 is 1.03 bits per heavy atom. The summed E-state index contributed by atoms with van der Waals surface area (Å²) >= 11 is 0. The highest BCUT2D eigenvalue weighted by atomic mass is 16.2. The van der Waals surface area contributed by atoms with Gasteiger partial charge in [0.25, 0.3) is 11.8 Å². The highest BCUT2D eigenvalue weighted by molar-refractivity contribution is 6.11. The van der Waals surface area contributed by atoms with E-state index in [-0.39, 0.29) is 18.4 Å². The van der Waals surface area contributed by atoms with Gasteiger partial charge in [-0.3, -0.25) is 19.3 Å². The number of carbonyl (C=O) groups excluding carboxylic acids is 4. The second-order valence-corrected chi connectivity index (χ2v) is 8.87. The molecule has 0 atom stereocenters. The van der Waals surface area contributed by atoms with E-state index in [0.29, 0.717) is 37.2 Å². The molecule has 1 aromatic rings. The quantitative estimate of drug-likeness (QED) is 0.750. The van der Waals surface area contributed by atoms with Gasteiger partial charge in [-0.25, -0.2) is 4.79 Å². The van der Waals surface area contributed by atoms with Crippen LogP contribution in [0.4, 0.5) is 10.5 Å². The number of aryl methyl sites for hydroxylation is 1. The van der Waals surface area contributed by atoms with E-state index in [1.165, 1.54) is 4.90 Å². The largest absolute Gasteiger partial charge is 0.339 e. The summed E-state index contributed by atoms with van der Waals surface area (Å²) in [6.07, 6.45) is 6.08. The van der Waals surface area contributed by atoms with Crippen molar-refractivity contribution in [1.82, 2.24) is 14.7 Å². The van der Waals surface area contributed by atoms with Gasteiger partial charge in [0.2, 0.25) is 5.91 Å². The summed E-state index contributed by atoms with van der Waals surface area (Å²) in [6.45, 7) is 2.92. The molecule has 2 saturated heterocycles. The Balaban J connectivity index is 1.51. The number of hydrogen-bond acceptors (Lipinski definition) is 4. The number of amides is 5. The highest BCUT2D eigenvalue weighted by Crippen LogP contribution is 2.39. The molecule has 0 bridgehead atoms. The van der Waals surface area contributed by atoms with Crippen molar-refractivity contribution in [1.29, 1.82) is 0 Å². The van der Waals surface area contributed by atoms with Crippen molar-refractivity contribution in [2.24, 2.45) is 0 Å². The normalized spacial score (nSPS) is 20.6. The maximum absolute atomic E-state index is 13.1. The second kappa shape index (κ2) is 8.32. The maximum Gasteiger partial charge on any atom is 0.327 e. The first-order valence-electron chi connectivity index (χ1n) is 11.1. The third-order valence-corrected chi connectivity index (χ3v) is 6.94. The van der Waals surface area contributed by atoms with E-state index < -0.39 is 17.5 Å². The molecule has 8 nitrogen and oxygen atoms in total. The zero-order valence-electron chi connectivity index (χ0n) is 18.3. The molecule has 166 valence electrons. The zero-order chi connectivity index (χ0) is 22.2. The van der Waals surface area contributed by atoms with E-state index in [0.717, 1.165) is 42.6 Å². The molecule has 31 heavy (non-hydrogen) atoms. The van der Waals surface area contributed by atoms with Gasteiger partial charge in [0.1, 0.15) is 12.1 Å². The second-order valence-electron chi connectivity index (χ2n) is 8.87. The molecular formula is C23H30N4O4. The minimum absolute atomic E-state index is 0.0971. The Kier molecular flexibility index (Phi) is 5.73. The van der Waals surface area contributed by atoms with Crippen LogP contribution in [0.1, 0.15) is 60.9 Å². The van der Waals surface area contributed by atoms with Crippen molar-refractivity contribution in [2.75, 3.05) is 32.0 Å². The van der Waals surface area contributed by atoms with Crippen molar-refractivity contribution in [3.63, 3.8) is 0 Å². The number of imide groups is 1. The molecular weight excluding hydrogens is 396 g/mol. The fourth-order valence-electron chi connectivity index (χ4n) is 5.14. The summed E-state index contributed by atoms with van der Waals surface area (Å²) in [4.78, 5) is 56.1. The first-order valence-corrected chi connectivity index (χ1v) is 11.1. The first-order chi connectivity index (χ1) is 14.8. The minimum atomic E-state index is -0.810. The van der Waals surface area contributed by atoms with Crippen LogP contribution in [0.2, 0.25) is 0 Å². The van der Waals surface area contributed by atoms with Gasteiger partial charge in [0.05, 0.1) is 11.3 Å². The Bertz CT molecular complexity index is 916. The maximum atomic E-state index is 13.1. The molecule has 1 saturated carbocycles. The van der Waals surface area contributed by atoms with Gasteiger partial charge < -0.3 is 15.1 Å². The molecule has 3 fully saturated rings. The van der Waals surface area contributed by atoms with Crippen LogP contribution in [-0.4, -0.2) is 70.7 Å². The number of nitrogens with zero attached hydrogens (tertiary/aromatic N) is 3. The van der Waals surface area contributed by atoms with Crippen LogP contribution in [0.3, 0.4) is 0 Å². The Labute approximate surface area is 182 Å². The van der Waals surface area contributed by atoms with Gasteiger partial charge in [-0.1, -0.05) is 31.4 Å². The summed E-state index contributed by atoms with van der Waals surface area (Å²) in [7, 11) is 1.65. The van der Waals surface area contributed by atoms with Gasteiger partial charge in [-0.2, -0.15) is 0 Å². The molecule has 1 aliphatic carbocycles. The third kappa shape index (κ3) is 3.68. The molecule has 1 spiro atoms. The topological polar surface area (TPSA) is 90.0 Å². The van der Waals surface area contributed by atoms with E-state index in [1.807, 2.05) is 13.0 Å². The lowest BCUT2D eigenvalue weighted by molar-refractivity contribution is -0.136. The first kappa shape index (κ1) is 21.3. The van der Waals surface area contributed by atoms with Gasteiger partial charge in [0.15, 0.2) is 0 Å². The van der Waals surface area contributed by atoms with Crippen LogP contribution in [0, 0.1) is 6.92 Å². The Hall–Kier alpha value is -2.90. The van der Waals surface area contributed by atoms with Crippen LogP contribution in [0.5, 0.6) is 0 Å². The zero-order valence-corrected chi connectivity index (χ0v) is 18.3. The lowest BCUT2D eigenvalue weighted by Crippen LogP contribution is -2.49. The molecule has 2 heterocycles. The average Bonchev–Trinajstić information content (AvgIpc) is 3.35. The van der Waals surface area contributed by atoms with Crippen molar-refractivity contribution >= 4 is 29.4 Å². The molecule has 0 unspecified atom stereocenters. The van der Waals surface area contributed by atoms with Crippen LogP contribution in [-0.2, 0) is 9.59 Å². The van der Waals surface area contributed by atoms with E-state index in [9.17, 15) is 19.2 Å². The van der Waals surface area contributed by atoms with Crippen molar-refractivity contribution in [3.05, 3.63) is 29.3 Å². The number of likely N-dealkylation sites (tertiary alicyclic amines) is 1. The third-order valence-electron chi connectivity index (χ3n) is 6.94. The van der Waals surface area contributed by atoms with Gasteiger partial charge in [-0.05, 0) is 44.2 Å². The van der Waals surface area contributed by atoms with Crippen molar-refractivity contribution < 1.29 is 19.2 Å². The lowest BCUT2D eigenvalue weighted by Gasteiger charge is -2.35. The van der Waals surface area contributed by atoms with Gasteiger partial charge in [0, 0.05) is 20.1 Å². The van der Waals surface area contributed by atoms with Crippen LogP contribution >= 0.6 is 0 Å². The number of carbonyl (C=O) groups is 4. The fourth-order valence-corrected chi connectivity index (χ4v) is 5.14. The molecule has 5 amide bonds. The molecule has 1 N–H and O–H groups in total. The van der Waals surface area contributed by atoms with Crippen molar-refractivity contribution in [2.45, 2.75) is 57.4 Å². The molecule has 4 rings (SSSR count). The van der Waals surface area contributed by atoms with Crippen LogP contribution in [0.25, 0.3) is 0 Å².